The quantitative estimate of drug-likeness (QED) is 0.651. The lowest BCUT2D eigenvalue weighted by molar-refractivity contribution is -0.121. The highest BCUT2D eigenvalue weighted by Crippen LogP contribution is 2.49. The van der Waals surface area contributed by atoms with E-state index in [2.05, 4.69) is 0 Å². The van der Waals surface area contributed by atoms with Crippen LogP contribution in [-0.4, -0.2) is 58.2 Å². The second-order valence-electron chi connectivity index (χ2n) is 7.54. The van der Waals surface area contributed by atoms with E-state index < -0.39 is 5.97 Å². The number of likely N-dealkylation sites (N-methyl/N-ethyl adjacent to an activating group) is 1. The highest BCUT2D eigenvalue weighted by molar-refractivity contribution is 7.99. The second-order valence-corrected chi connectivity index (χ2v) is 8.69. The molecule has 0 bridgehead atoms. The smallest absolute Gasteiger partial charge is 0.339 e. The topological polar surface area (TPSA) is 59.1 Å². The molecular formula is C23H28N2O4S. The third-order valence-corrected chi connectivity index (χ3v) is 6.86. The number of methoxy groups -OCH3 is 2. The summed E-state index contributed by atoms with van der Waals surface area (Å²) in [6.45, 7) is 3.22. The summed E-state index contributed by atoms with van der Waals surface area (Å²) in [5.74, 6) is 0.136. The lowest BCUT2D eigenvalue weighted by atomic mass is 9.98. The number of carbonyl (C=O) groups excluding carboxylic acids is 2. The van der Waals surface area contributed by atoms with Crippen LogP contribution in [0.5, 0.6) is 5.75 Å². The number of esters is 1. The molecule has 0 saturated heterocycles. The number of benzene rings is 2. The van der Waals surface area contributed by atoms with Gasteiger partial charge < -0.3 is 19.3 Å². The maximum atomic E-state index is 13.5. The number of hydrogen-bond donors (Lipinski definition) is 0. The summed E-state index contributed by atoms with van der Waals surface area (Å²) >= 11 is 1.55. The predicted molar refractivity (Wildman–Crippen MR) is 119 cm³/mol. The van der Waals surface area contributed by atoms with E-state index in [1.54, 1.807) is 31.0 Å². The van der Waals surface area contributed by atoms with Crippen LogP contribution in [0, 0.1) is 5.92 Å². The summed E-state index contributed by atoms with van der Waals surface area (Å²) in [6.07, 6.45) is 0. The maximum absolute atomic E-state index is 13.5. The number of rotatable bonds is 6. The summed E-state index contributed by atoms with van der Waals surface area (Å²) in [5, 5.41) is -0.141. The van der Waals surface area contributed by atoms with Gasteiger partial charge in [-0.3, -0.25) is 4.79 Å². The van der Waals surface area contributed by atoms with Crippen LogP contribution in [0.25, 0.3) is 0 Å². The number of thioether (sulfide) groups is 1. The Morgan fingerprint density at radius 3 is 2.43 bits per heavy atom. The van der Waals surface area contributed by atoms with Gasteiger partial charge in [0.15, 0.2) is 0 Å². The van der Waals surface area contributed by atoms with Crippen molar-refractivity contribution in [3.05, 3.63) is 53.6 Å². The SMILES string of the molecule is COC(=O)c1cccc2c1SC(c1ccc(OC)cc1)C(C)C(=O)N2CCN(C)C. The Kier molecular flexibility index (Phi) is 7.05. The van der Waals surface area contributed by atoms with Gasteiger partial charge in [-0.25, -0.2) is 4.79 Å². The molecule has 0 radical (unpaired) electrons. The van der Waals surface area contributed by atoms with E-state index in [-0.39, 0.29) is 17.1 Å². The Bertz CT molecular complexity index is 914. The fourth-order valence-corrected chi connectivity index (χ4v) is 4.98. The molecule has 7 heteroatoms. The van der Waals surface area contributed by atoms with Crippen LogP contribution in [0.4, 0.5) is 5.69 Å². The molecule has 0 aromatic heterocycles. The van der Waals surface area contributed by atoms with Crippen molar-refractivity contribution in [1.29, 1.82) is 0 Å². The standard InChI is InChI=1S/C23H28N2O4S/c1-15-20(16-9-11-17(28-4)12-10-16)30-21-18(23(27)29-5)7-6-8-19(21)25(22(15)26)14-13-24(2)3/h6-12,15,20H,13-14H2,1-5H3. The van der Waals surface area contributed by atoms with Crippen LogP contribution in [0.15, 0.2) is 47.4 Å². The van der Waals surface area contributed by atoms with E-state index in [0.717, 1.165) is 28.4 Å². The maximum Gasteiger partial charge on any atom is 0.339 e. The molecule has 0 aliphatic carbocycles. The average molecular weight is 429 g/mol. The van der Waals surface area contributed by atoms with Crippen molar-refractivity contribution in [3.63, 3.8) is 0 Å². The molecule has 0 N–H and O–H groups in total. The van der Waals surface area contributed by atoms with Crippen LogP contribution >= 0.6 is 11.8 Å². The Morgan fingerprint density at radius 1 is 1.13 bits per heavy atom. The van der Waals surface area contributed by atoms with Crippen molar-refractivity contribution in [1.82, 2.24) is 4.90 Å². The summed E-state index contributed by atoms with van der Waals surface area (Å²) in [4.78, 5) is 30.7. The minimum atomic E-state index is -0.401. The van der Waals surface area contributed by atoms with Gasteiger partial charge in [0.1, 0.15) is 5.75 Å². The van der Waals surface area contributed by atoms with Gasteiger partial charge in [0.25, 0.3) is 0 Å². The van der Waals surface area contributed by atoms with Crippen LogP contribution in [0.1, 0.15) is 28.1 Å². The number of hydrogen-bond acceptors (Lipinski definition) is 6. The first-order valence-electron chi connectivity index (χ1n) is 9.85. The molecule has 0 saturated carbocycles. The molecule has 30 heavy (non-hydrogen) atoms. The molecule has 1 aliphatic rings. The lowest BCUT2D eigenvalue weighted by Gasteiger charge is -2.27. The Hall–Kier alpha value is -2.51. The van der Waals surface area contributed by atoms with Crippen LogP contribution in [0.2, 0.25) is 0 Å². The summed E-state index contributed by atoms with van der Waals surface area (Å²) in [5.41, 5.74) is 2.26. The van der Waals surface area contributed by atoms with Crippen molar-refractivity contribution in [3.8, 4) is 5.75 Å². The molecule has 1 heterocycles. The zero-order chi connectivity index (χ0) is 21.8. The van der Waals surface area contributed by atoms with Gasteiger partial charge in [-0.05, 0) is 43.9 Å². The number of amides is 1. The van der Waals surface area contributed by atoms with Gasteiger partial charge in [0, 0.05) is 23.2 Å². The summed E-state index contributed by atoms with van der Waals surface area (Å²) in [7, 11) is 6.96. The molecule has 0 spiro atoms. The molecule has 1 aliphatic heterocycles. The summed E-state index contributed by atoms with van der Waals surface area (Å²) < 4.78 is 10.3. The van der Waals surface area contributed by atoms with Gasteiger partial charge in [-0.15, -0.1) is 11.8 Å². The monoisotopic (exact) mass is 428 g/mol. The van der Waals surface area contributed by atoms with Gasteiger partial charge in [0.05, 0.1) is 31.4 Å². The first-order chi connectivity index (χ1) is 14.4. The Balaban J connectivity index is 2.11. The molecule has 3 rings (SSSR count). The number of ether oxygens (including phenoxy) is 2. The number of nitrogens with zero attached hydrogens (tertiary/aromatic N) is 2. The molecule has 160 valence electrons. The molecular weight excluding hydrogens is 400 g/mol. The molecule has 2 atom stereocenters. The van der Waals surface area contributed by atoms with Gasteiger partial charge >= 0.3 is 5.97 Å². The van der Waals surface area contributed by atoms with Gasteiger partial charge in [-0.2, -0.15) is 0 Å². The van der Waals surface area contributed by atoms with Gasteiger partial charge in [-0.1, -0.05) is 25.1 Å². The van der Waals surface area contributed by atoms with E-state index in [1.807, 2.05) is 61.2 Å². The zero-order valence-corrected chi connectivity index (χ0v) is 18.9. The minimum absolute atomic E-state index is 0.0472. The van der Waals surface area contributed by atoms with E-state index in [1.165, 1.54) is 7.11 Å². The highest BCUT2D eigenvalue weighted by atomic mass is 32.2. The van der Waals surface area contributed by atoms with Crippen LogP contribution < -0.4 is 9.64 Å². The van der Waals surface area contributed by atoms with Crippen LogP contribution in [0.3, 0.4) is 0 Å². The first-order valence-corrected chi connectivity index (χ1v) is 10.7. The first kappa shape index (κ1) is 22.2. The van der Waals surface area contributed by atoms with Crippen molar-refractivity contribution in [2.45, 2.75) is 17.1 Å². The fourth-order valence-electron chi connectivity index (χ4n) is 3.54. The number of fused-ring (bicyclic) bond motifs is 1. The summed E-state index contributed by atoms with van der Waals surface area (Å²) in [6, 6.07) is 13.2. The van der Waals surface area contributed by atoms with Crippen LogP contribution in [-0.2, 0) is 9.53 Å². The highest BCUT2D eigenvalue weighted by Gasteiger charge is 2.37. The minimum Gasteiger partial charge on any atom is -0.497 e. The van der Waals surface area contributed by atoms with Crippen molar-refractivity contribution >= 4 is 29.3 Å². The third-order valence-electron chi connectivity index (χ3n) is 5.26. The lowest BCUT2D eigenvalue weighted by Crippen LogP contribution is -2.40. The largest absolute Gasteiger partial charge is 0.497 e. The predicted octanol–water partition coefficient (Wildman–Crippen LogP) is 3.86. The molecule has 6 nitrogen and oxygen atoms in total. The van der Waals surface area contributed by atoms with E-state index in [4.69, 9.17) is 9.47 Å². The Morgan fingerprint density at radius 2 is 1.83 bits per heavy atom. The van der Waals surface area contributed by atoms with E-state index >= 15 is 0 Å². The zero-order valence-electron chi connectivity index (χ0n) is 18.0. The molecule has 2 unspecified atom stereocenters. The average Bonchev–Trinajstić information content (AvgIpc) is 2.86. The van der Waals surface area contributed by atoms with Gasteiger partial charge in [0.2, 0.25) is 5.91 Å². The number of carbonyl (C=O) groups is 2. The van der Waals surface area contributed by atoms with E-state index in [9.17, 15) is 9.59 Å². The fraction of sp³-hybridized carbons (Fsp3) is 0.391. The van der Waals surface area contributed by atoms with Crippen molar-refractivity contribution in [2.24, 2.45) is 5.92 Å². The molecule has 1 amide bonds. The number of anilines is 1. The normalized spacial score (nSPS) is 18.7. The molecule has 2 aromatic carbocycles. The van der Waals surface area contributed by atoms with E-state index in [0.29, 0.717) is 12.1 Å². The van der Waals surface area contributed by atoms with Crippen molar-refractivity contribution < 1.29 is 19.1 Å². The van der Waals surface area contributed by atoms with Crippen molar-refractivity contribution in [2.75, 3.05) is 46.3 Å². The Labute approximate surface area is 182 Å². The molecule has 0 fully saturated rings. The third kappa shape index (κ3) is 4.47. The second kappa shape index (κ2) is 9.53. The molecule has 2 aromatic rings.